The van der Waals surface area contributed by atoms with E-state index in [-0.39, 0.29) is 12.5 Å². The number of hydrogen-bond acceptors (Lipinski definition) is 4. The van der Waals surface area contributed by atoms with Crippen molar-refractivity contribution < 1.29 is 9.53 Å². The molecule has 5 heteroatoms. The Hall–Kier alpha value is -3.39. The molecule has 2 aromatic carbocycles. The average Bonchev–Trinajstić information content (AvgIpc) is 3.00. The van der Waals surface area contributed by atoms with E-state index in [1.807, 2.05) is 31.2 Å². The molecule has 3 rings (SSSR count). The van der Waals surface area contributed by atoms with E-state index in [9.17, 15) is 4.79 Å². The molecule has 0 atom stereocenters. The summed E-state index contributed by atoms with van der Waals surface area (Å²) in [5.41, 5.74) is 3.61. The fourth-order valence-corrected chi connectivity index (χ4v) is 2.30. The van der Waals surface area contributed by atoms with Crippen molar-refractivity contribution in [2.24, 2.45) is 0 Å². The quantitative estimate of drug-likeness (QED) is 0.547. The number of hydrogen-bond donors (Lipinski definition) is 0. The Balaban J connectivity index is 1.65. The van der Waals surface area contributed by atoms with Crippen LogP contribution in [-0.4, -0.2) is 15.7 Å². The molecule has 0 N–H and O–H groups in total. The van der Waals surface area contributed by atoms with E-state index >= 15 is 0 Å². The monoisotopic (exact) mass is 317 g/mol. The number of esters is 1. The number of nitriles is 1. The lowest BCUT2D eigenvalue weighted by Crippen LogP contribution is -2.16. The maximum Gasteiger partial charge on any atom is 0.333 e. The van der Waals surface area contributed by atoms with Crippen LogP contribution in [0.4, 0.5) is 0 Å². The predicted octanol–water partition coefficient (Wildman–Crippen LogP) is 3.34. The Morgan fingerprint density at radius 2 is 1.75 bits per heavy atom. The van der Waals surface area contributed by atoms with Gasteiger partial charge in [-0.3, -0.25) is 4.68 Å². The fraction of sp³-hybridized carbons (Fsp3) is 0.105. The van der Waals surface area contributed by atoms with Crippen molar-refractivity contribution in [3.8, 4) is 22.9 Å². The van der Waals surface area contributed by atoms with Gasteiger partial charge in [0.25, 0.3) is 0 Å². The SMILES string of the molecule is Cc1cnn(CC(=O)Oc2ccc(-c3ccc(C#N)cc3)cc2)c1. The summed E-state index contributed by atoms with van der Waals surface area (Å²) in [6.07, 6.45) is 3.48. The summed E-state index contributed by atoms with van der Waals surface area (Å²) in [5.74, 6) is 0.116. The Morgan fingerprint density at radius 1 is 1.12 bits per heavy atom. The van der Waals surface area contributed by atoms with Crippen LogP contribution in [0.1, 0.15) is 11.1 Å². The van der Waals surface area contributed by atoms with Crippen molar-refractivity contribution in [1.29, 1.82) is 5.26 Å². The lowest BCUT2D eigenvalue weighted by Gasteiger charge is -2.06. The lowest BCUT2D eigenvalue weighted by molar-refractivity contribution is -0.135. The van der Waals surface area contributed by atoms with Gasteiger partial charge in [0.05, 0.1) is 17.8 Å². The van der Waals surface area contributed by atoms with Crippen molar-refractivity contribution in [1.82, 2.24) is 9.78 Å². The van der Waals surface area contributed by atoms with Crippen LogP contribution < -0.4 is 4.74 Å². The molecule has 0 unspecified atom stereocenters. The number of carbonyl (C=O) groups excluding carboxylic acids is 1. The van der Waals surface area contributed by atoms with Gasteiger partial charge in [-0.1, -0.05) is 24.3 Å². The molecule has 0 fully saturated rings. The third-order valence-corrected chi connectivity index (χ3v) is 3.49. The van der Waals surface area contributed by atoms with Gasteiger partial charge in [0.2, 0.25) is 0 Å². The molecule has 0 spiro atoms. The molecule has 118 valence electrons. The summed E-state index contributed by atoms with van der Waals surface area (Å²) in [4.78, 5) is 11.9. The second kappa shape index (κ2) is 6.80. The molecule has 0 saturated carbocycles. The summed E-state index contributed by atoms with van der Waals surface area (Å²) in [7, 11) is 0. The number of carbonyl (C=O) groups is 1. The van der Waals surface area contributed by atoms with E-state index < -0.39 is 0 Å². The van der Waals surface area contributed by atoms with Crippen LogP contribution in [0, 0.1) is 18.3 Å². The highest BCUT2D eigenvalue weighted by atomic mass is 16.5. The van der Waals surface area contributed by atoms with Crippen molar-refractivity contribution in [2.75, 3.05) is 0 Å². The molecule has 0 aliphatic rings. The molecule has 0 amide bonds. The van der Waals surface area contributed by atoms with Crippen molar-refractivity contribution in [2.45, 2.75) is 13.5 Å². The molecule has 0 aliphatic carbocycles. The minimum Gasteiger partial charge on any atom is -0.425 e. The number of nitrogens with zero attached hydrogens (tertiary/aromatic N) is 3. The van der Waals surface area contributed by atoms with Gasteiger partial charge in [0.1, 0.15) is 12.3 Å². The van der Waals surface area contributed by atoms with Crippen LogP contribution in [-0.2, 0) is 11.3 Å². The first kappa shape index (κ1) is 15.5. The molecule has 0 radical (unpaired) electrons. The van der Waals surface area contributed by atoms with Crippen LogP contribution in [0.5, 0.6) is 5.75 Å². The zero-order valence-corrected chi connectivity index (χ0v) is 13.1. The van der Waals surface area contributed by atoms with Gasteiger partial charge in [-0.05, 0) is 47.9 Å². The van der Waals surface area contributed by atoms with Crippen molar-refractivity contribution >= 4 is 5.97 Å². The Bertz CT molecular complexity index is 888. The summed E-state index contributed by atoms with van der Waals surface area (Å²) in [6, 6.07) is 16.7. The summed E-state index contributed by atoms with van der Waals surface area (Å²) in [5, 5.41) is 12.9. The van der Waals surface area contributed by atoms with Gasteiger partial charge in [0, 0.05) is 6.20 Å². The van der Waals surface area contributed by atoms with Crippen LogP contribution >= 0.6 is 0 Å². The van der Waals surface area contributed by atoms with E-state index in [2.05, 4.69) is 11.2 Å². The van der Waals surface area contributed by atoms with Crippen molar-refractivity contribution in [3.05, 3.63) is 72.1 Å². The molecular weight excluding hydrogens is 302 g/mol. The topological polar surface area (TPSA) is 67.9 Å². The van der Waals surface area contributed by atoms with Gasteiger partial charge in [-0.25, -0.2) is 4.79 Å². The fourth-order valence-electron chi connectivity index (χ4n) is 2.30. The molecule has 1 heterocycles. The molecule has 5 nitrogen and oxygen atoms in total. The smallest absolute Gasteiger partial charge is 0.333 e. The number of benzene rings is 2. The van der Waals surface area contributed by atoms with E-state index in [4.69, 9.17) is 10.00 Å². The van der Waals surface area contributed by atoms with E-state index in [0.29, 0.717) is 11.3 Å². The summed E-state index contributed by atoms with van der Waals surface area (Å²) in [6.45, 7) is 1.99. The van der Waals surface area contributed by atoms with Crippen LogP contribution in [0.15, 0.2) is 60.9 Å². The largest absolute Gasteiger partial charge is 0.425 e. The highest BCUT2D eigenvalue weighted by molar-refractivity contribution is 5.72. The zero-order chi connectivity index (χ0) is 16.9. The molecule has 1 aromatic heterocycles. The first-order chi connectivity index (χ1) is 11.6. The summed E-state index contributed by atoms with van der Waals surface area (Å²) >= 11 is 0. The first-order valence-corrected chi connectivity index (χ1v) is 7.44. The lowest BCUT2D eigenvalue weighted by atomic mass is 10.0. The van der Waals surface area contributed by atoms with Crippen LogP contribution in [0.25, 0.3) is 11.1 Å². The molecule has 24 heavy (non-hydrogen) atoms. The van der Waals surface area contributed by atoms with Gasteiger partial charge in [-0.2, -0.15) is 10.4 Å². The Labute approximate surface area is 139 Å². The van der Waals surface area contributed by atoms with Gasteiger partial charge >= 0.3 is 5.97 Å². The Kier molecular flexibility index (Phi) is 4.39. The second-order valence-electron chi connectivity index (χ2n) is 5.40. The average molecular weight is 317 g/mol. The van der Waals surface area contributed by atoms with E-state index in [0.717, 1.165) is 16.7 Å². The number of aryl methyl sites for hydroxylation is 1. The molecular formula is C19H15N3O2. The third-order valence-electron chi connectivity index (χ3n) is 3.49. The van der Waals surface area contributed by atoms with Gasteiger partial charge < -0.3 is 4.74 Å². The van der Waals surface area contributed by atoms with Gasteiger partial charge in [0.15, 0.2) is 0 Å². The maximum absolute atomic E-state index is 11.9. The zero-order valence-electron chi connectivity index (χ0n) is 13.1. The Morgan fingerprint density at radius 3 is 2.29 bits per heavy atom. The minimum absolute atomic E-state index is 0.0746. The standard InChI is InChI=1S/C19H15N3O2/c1-14-11-21-22(12-14)13-19(23)24-18-8-6-17(7-9-18)16-4-2-15(10-20)3-5-16/h2-9,11-12H,13H2,1H3. The highest BCUT2D eigenvalue weighted by Crippen LogP contribution is 2.22. The molecule has 0 saturated heterocycles. The van der Waals surface area contributed by atoms with E-state index in [1.165, 1.54) is 0 Å². The molecule has 3 aromatic rings. The third kappa shape index (κ3) is 3.68. The maximum atomic E-state index is 11.9. The summed E-state index contributed by atoms with van der Waals surface area (Å²) < 4.78 is 6.86. The van der Waals surface area contributed by atoms with Crippen molar-refractivity contribution in [3.63, 3.8) is 0 Å². The van der Waals surface area contributed by atoms with Crippen LogP contribution in [0.3, 0.4) is 0 Å². The second-order valence-corrected chi connectivity index (χ2v) is 5.40. The highest BCUT2D eigenvalue weighted by Gasteiger charge is 2.07. The van der Waals surface area contributed by atoms with E-state index in [1.54, 1.807) is 41.3 Å². The van der Waals surface area contributed by atoms with Gasteiger partial charge in [-0.15, -0.1) is 0 Å². The first-order valence-electron chi connectivity index (χ1n) is 7.44. The number of aromatic nitrogens is 2. The normalized spacial score (nSPS) is 10.2. The number of rotatable bonds is 4. The molecule has 0 aliphatic heterocycles. The molecule has 0 bridgehead atoms. The van der Waals surface area contributed by atoms with Crippen LogP contribution in [0.2, 0.25) is 0 Å². The minimum atomic E-state index is -0.371. The number of ether oxygens (including phenoxy) is 1. The predicted molar refractivity (Wildman–Crippen MR) is 89.2 cm³/mol.